The molecule has 0 bridgehead atoms. The molecule has 0 aliphatic carbocycles. The normalized spacial score (nSPS) is 12.4. The fourth-order valence-electron chi connectivity index (χ4n) is 2.05. The summed E-state index contributed by atoms with van der Waals surface area (Å²) in [4.78, 5) is 42.3. The Morgan fingerprint density at radius 3 is 1.77 bits per heavy atom. The highest BCUT2D eigenvalue weighted by Crippen LogP contribution is 2.17. The summed E-state index contributed by atoms with van der Waals surface area (Å²) in [5.41, 5.74) is 5.43. The van der Waals surface area contributed by atoms with Gasteiger partial charge in [0, 0.05) is 5.56 Å². The maximum Gasteiger partial charge on any atom is 0.420 e. The van der Waals surface area contributed by atoms with Crippen molar-refractivity contribution in [3.63, 3.8) is 0 Å². The van der Waals surface area contributed by atoms with E-state index in [4.69, 9.17) is 20.0 Å². The van der Waals surface area contributed by atoms with Crippen molar-refractivity contribution >= 4 is 24.0 Å². The van der Waals surface area contributed by atoms with Crippen LogP contribution in [0.3, 0.4) is 0 Å². The first-order valence-corrected chi connectivity index (χ1v) is 9.96. The first kappa shape index (κ1) is 25.9. The average molecular weight is 436 g/mol. The molecule has 1 aromatic rings. The molecule has 2 amide bonds. The molecule has 1 aromatic carbocycles. The molecule has 172 valence electrons. The smallest absolute Gasteiger partial charge is 0.420 e. The van der Waals surface area contributed by atoms with Gasteiger partial charge in [-0.05, 0) is 47.1 Å². The first-order chi connectivity index (χ1) is 14.1. The molecule has 0 fully saturated rings. The summed E-state index contributed by atoms with van der Waals surface area (Å²) in [6, 6.07) is 6.62. The van der Waals surface area contributed by atoms with Crippen LogP contribution in [0.25, 0.3) is 0 Å². The number of carbonyl (C=O) groups is 3. The number of amides is 2. The summed E-state index contributed by atoms with van der Waals surface area (Å²) in [5, 5.41) is 3.63. The number of oxime groups is 1. The molecule has 0 radical (unpaired) electrons. The van der Waals surface area contributed by atoms with Crippen molar-refractivity contribution in [2.24, 2.45) is 16.8 Å². The van der Waals surface area contributed by atoms with E-state index in [9.17, 15) is 14.4 Å². The Balaban J connectivity index is 3.01. The molecule has 0 unspecified atom stereocenters. The highest BCUT2D eigenvalue weighted by Gasteiger charge is 2.31. The van der Waals surface area contributed by atoms with E-state index >= 15 is 0 Å². The van der Waals surface area contributed by atoms with Gasteiger partial charge < -0.3 is 20.0 Å². The number of hydrogen-bond donors (Lipinski definition) is 1. The molecule has 0 heterocycles. The fraction of sp³-hybridized carbons (Fsp3) is 0.545. The van der Waals surface area contributed by atoms with Gasteiger partial charge in [0.2, 0.25) is 0 Å². The summed E-state index contributed by atoms with van der Waals surface area (Å²) in [6.07, 6.45) is -1.62. The number of nitrogens with two attached hydrogens (primary N) is 1. The molecule has 9 nitrogen and oxygen atoms in total. The SMILES string of the molecule is CC(C)C(=O)O/N=C(\N)c1ccc(CN(C(=O)OC(C)(C)C)C(=O)OC(C)(C)C)cc1. The van der Waals surface area contributed by atoms with Crippen LogP contribution in [-0.2, 0) is 25.7 Å². The van der Waals surface area contributed by atoms with Crippen LogP contribution in [0.1, 0.15) is 66.5 Å². The number of hydrogen-bond acceptors (Lipinski definition) is 7. The van der Waals surface area contributed by atoms with Gasteiger partial charge in [-0.15, -0.1) is 0 Å². The third-order valence-corrected chi connectivity index (χ3v) is 3.52. The summed E-state index contributed by atoms with van der Waals surface area (Å²) >= 11 is 0. The molecule has 0 saturated heterocycles. The van der Waals surface area contributed by atoms with Gasteiger partial charge in [-0.2, -0.15) is 0 Å². The molecule has 0 saturated carbocycles. The van der Waals surface area contributed by atoms with Gasteiger partial charge in [0.25, 0.3) is 0 Å². The molecular formula is C22H33N3O6. The zero-order valence-corrected chi connectivity index (χ0v) is 19.5. The second-order valence-electron chi connectivity index (χ2n) is 9.29. The minimum atomic E-state index is -0.812. The van der Waals surface area contributed by atoms with Crippen molar-refractivity contribution in [3.05, 3.63) is 35.4 Å². The van der Waals surface area contributed by atoms with E-state index in [0.29, 0.717) is 11.1 Å². The molecule has 2 N–H and O–H groups in total. The Bertz CT molecular complexity index is 789. The number of ether oxygens (including phenoxy) is 2. The molecule has 0 aromatic heterocycles. The number of rotatable bonds is 5. The Hall–Kier alpha value is -3.10. The van der Waals surface area contributed by atoms with Crippen LogP contribution in [0.2, 0.25) is 0 Å². The molecule has 0 atom stereocenters. The van der Waals surface area contributed by atoms with Crippen LogP contribution in [-0.4, -0.2) is 40.1 Å². The van der Waals surface area contributed by atoms with Crippen LogP contribution in [0, 0.1) is 5.92 Å². The number of carbonyl (C=O) groups excluding carboxylic acids is 3. The monoisotopic (exact) mass is 435 g/mol. The van der Waals surface area contributed by atoms with Gasteiger partial charge in [0.15, 0.2) is 5.84 Å². The molecule has 0 aliphatic rings. The standard InChI is InChI=1S/C22H33N3O6/c1-14(2)18(26)31-24-17(23)16-11-9-15(10-12-16)13-25(19(27)29-21(3,4)5)20(28)30-22(6,7)8/h9-12,14H,13H2,1-8H3,(H2,23,24). The van der Waals surface area contributed by atoms with Crippen LogP contribution in [0.15, 0.2) is 29.4 Å². The van der Waals surface area contributed by atoms with Crippen molar-refractivity contribution in [1.82, 2.24) is 4.90 Å². The summed E-state index contributed by atoms with van der Waals surface area (Å²) in [5.74, 6) is -0.799. The summed E-state index contributed by atoms with van der Waals surface area (Å²) < 4.78 is 10.7. The summed E-state index contributed by atoms with van der Waals surface area (Å²) in [6.45, 7) is 13.6. The van der Waals surface area contributed by atoms with Crippen LogP contribution in [0.4, 0.5) is 9.59 Å². The molecular weight excluding hydrogens is 402 g/mol. The largest absolute Gasteiger partial charge is 0.443 e. The fourth-order valence-corrected chi connectivity index (χ4v) is 2.05. The molecule has 0 aliphatic heterocycles. The second kappa shape index (κ2) is 10.3. The van der Waals surface area contributed by atoms with Gasteiger partial charge in [0.1, 0.15) is 11.2 Å². The van der Waals surface area contributed by atoms with Gasteiger partial charge >= 0.3 is 18.2 Å². The lowest BCUT2D eigenvalue weighted by Crippen LogP contribution is -2.43. The van der Waals surface area contributed by atoms with E-state index in [-0.39, 0.29) is 18.3 Å². The topological polar surface area (TPSA) is 121 Å². The van der Waals surface area contributed by atoms with E-state index in [0.717, 1.165) is 4.90 Å². The number of benzene rings is 1. The Morgan fingerprint density at radius 1 is 0.935 bits per heavy atom. The highest BCUT2D eigenvalue weighted by atomic mass is 16.7. The van der Waals surface area contributed by atoms with Crippen LogP contribution < -0.4 is 5.73 Å². The number of imide groups is 1. The summed E-state index contributed by atoms with van der Waals surface area (Å²) in [7, 11) is 0. The van der Waals surface area contributed by atoms with E-state index in [1.165, 1.54) is 0 Å². The van der Waals surface area contributed by atoms with Gasteiger partial charge in [0.05, 0.1) is 12.5 Å². The average Bonchev–Trinajstić information content (AvgIpc) is 2.61. The second-order valence-corrected chi connectivity index (χ2v) is 9.29. The molecule has 31 heavy (non-hydrogen) atoms. The van der Waals surface area contributed by atoms with Crippen molar-refractivity contribution in [2.75, 3.05) is 0 Å². The van der Waals surface area contributed by atoms with E-state index in [2.05, 4.69) is 5.16 Å². The Morgan fingerprint density at radius 2 is 1.39 bits per heavy atom. The van der Waals surface area contributed by atoms with Crippen molar-refractivity contribution in [1.29, 1.82) is 0 Å². The van der Waals surface area contributed by atoms with E-state index in [1.54, 1.807) is 79.7 Å². The van der Waals surface area contributed by atoms with Crippen molar-refractivity contribution in [3.8, 4) is 0 Å². The lowest BCUT2D eigenvalue weighted by Gasteiger charge is -2.28. The van der Waals surface area contributed by atoms with Gasteiger partial charge in [-0.25, -0.2) is 19.3 Å². The molecule has 0 spiro atoms. The minimum Gasteiger partial charge on any atom is -0.443 e. The van der Waals surface area contributed by atoms with Gasteiger partial charge in [-0.3, -0.25) is 0 Å². The number of nitrogens with zero attached hydrogens (tertiary/aromatic N) is 2. The van der Waals surface area contributed by atoms with Crippen LogP contribution in [0.5, 0.6) is 0 Å². The molecule has 9 heteroatoms. The van der Waals surface area contributed by atoms with Gasteiger partial charge in [-0.1, -0.05) is 43.3 Å². The van der Waals surface area contributed by atoms with Crippen LogP contribution >= 0.6 is 0 Å². The molecule has 1 rings (SSSR count). The Kier molecular flexibility index (Phi) is 8.60. The van der Waals surface area contributed by atoms with Crippen molar-refractivity contribution < 1.29 is 28.7 Å². The Labute approximate surface area is 183 Å². The van der Waals surface area contributed by atoms with E-state index < -0.39 is 29.4 Å². The zero-order chi connectivity index (χ0) is 24.0. The quantitative estimate of drug-likeness (QED) is 0.319. The minimum absolute atomic E-state index is 0.0247. The predicted octanol–water partition coefficient (Wildman–Crippen LogP) is 4.18. The lowest BCUT2D eigenvalue weighted by atomic mass is 10.1. The third kappa shape index (κ3) is 9.50. The maximum absolute atomic E-state index is 12.6. The third-order valence-electron chi connectivity index (χ3n) is 3.52. The lowest BCUT2D eigenvalue weighted by molar-refractivity contribution is -0.147. The van der Waals surface area contributed by atoms with Crippen molar-refractivity contribution in [2.45, 2.75) is 73.1 Å². The maximum atomic E-state index is 12.6. The first-order valence-electron chi connectivity index (χ1n) is 9.96. The number of amidine groups is 1. The van der Waals surface area contributed by atoms with E-state index in [1.807, 2.05) is 0 Å². The predicted molar refractivity (Wildman–Crippen MR) is 116 cm³/mol. The highest BCUT2D eigenvalue weighted by molar-refractivity contribution is 5.97. The zero-order valence-electron chi connectivity index (χ0n) is 19.5.